The van der Waals surface area contributed by atoms with E-state index in [4.69, 9.17) is 18.9 Å². The maximum atomic E-state index is 13.3. The van der Waals surface area contributed by atoms with Gasteiger partial charge in [-0.2, -0.15) is 0 Å². The number of carbonyl (C=O) groups excluding carboxylic acids is 1. The highest BCUT2D eigenvalue weighted by Gasteiger charge is 2.20. The van der Waals surface area contributed by atoms with E-state index in [0.717, 1.165) is 22.2 Å². The number of aromatic nitrogens is 1. The molecule has 0 aliphatic heterocycles. The molecule has 2 heterocycles. The van der Waals surface area contributed by atoms with Crippen LogP contribution in [0.15, 0.2) is 71.3 Å². The molecule has 0 saturated heterocycles. The van der Waals surface area contributed by atoms with E-state index in [0.29, 0.717) is 29.3 Å². The molecule has 7 nitrogen and oxygen atoms in total. The number of likely N-dealkylation sites (N-methyl/N-ethyl adjacent to an activating group) is 1. The van der Waals surface area contributed by atoms with E-state index in [1.165, 1.54) is 0 Å². The van der Waals surface area contributed by atoms with Crippen molar-refractivity contribution in [3.05, 3.63) is 78.3 Å². The van der Waals surface area contributed by atoms with Gasteiger partial charge in [-0.15, -0.1) is 0 Å². The van der Waals surface area contributed by atoms with Crippen LogP contribution in [0.2, 0.25) is 0 Å². The third-order valence-corrected chi connectivity index (χ3v) is 5.59. The molecule has 33 heavy (non-hydrogen) atoms. The molecule has 4 rings (SSSR count). The monoisotopic (exact) mass is 445 g/mol. The van der Waals surface area contributed by atoms with Gasteiger partial charge in [-0.25, -0.2) is 4.98 Å². The molecular formula is C26H27N3O4. The Morgan fingerprint density at radius 1 is 1.03 bits per heavy atom. The number of nitrogens with zero attached hydrogens (tertiary/aromatic N) is 2. The Kier molecular flexibility index (Phi) is 6.60. The summed E-state index contributed by atoms with van der Waals surface area (Å²) >= 11 is 0. The number of carbonyl (C=O) groups is 1. The summed E-state index contributed by atoms with van der Waals surface area (Å²) in [4.78, 5) is 20.1. The molecular weight excluding hydrogens is 418 g/mol. The molecule has 1 unspecified atom stereocenters. The van der Waals surface area contributed by atoms with Crippen LogP contribution in [0.25, 0.3) is 22.2 Å². The third-order valence-electron chi connectivity index (χ3n) is 5.59. The molecule has 1 atom stereocenters. The number of hydrogen-bond donors (Lipinski definition) is 1. The molecule has 0 saturated carbocycles. The normalized spacial score (nSPS) is 12.0. The van der Waals surface area contributed by atoms with Crippen LogP contribution in [0.4, 0.5) is 0 Å². The van der Waals surface area contributed by atoms with E-state index in [1.54, 1.807) is 20.5 Å². The highest BCUT2D eigenvalue weighted by molar-refractivity contribution is 6.07. The zero-order chi connectivity index (χ0) is 23.4. The summed E-state index contributed by atoms with van der Waals surface area (Å²) < 4.78 is 16.3. The van der Waals surface area contributed by atoms with Crippen molar-refractivity contribution in [1.29, 1.82) is 0 Å². The second-order valence-corrected chi connectivity index (χ2v) is 7.85. The lowest BCUT2D eigenvalue weighted by Gasteiger charge is -2.22. The van der Waals surface area contributed by atoms with Gasteiger partial charge >= 0.3 is 0 Å². The van der Waals surface area contributed by atoms with Crippen molar-refractivity contribution in [3.8, 4) is 22.8 Å². The van der Waals surface area contributed by atoms with Gasteiger partial charge in [0, 0.05) is 17.5 Å². The Morgan fingerprint density at radius 2 is 1.82 bits per heavy atom. The lowest BCUT2D eigenvalue weighted by atomic mass is 10.0. The van der Waals surface area contributed by atoms with Gasteiger partial charge in [0.05, 0.1) is 43.3 Å². The molecule has 7 heteroatoms. The highest BCUT2D eigenvalue weighted by Crippen LogP contribution is 2.33. The average molecular weight is 446 g/mol. The number of pyridine rings is 1. The number of benzene rings is 2. The van der Waals surface area contributed by atoms with E-state index in [9.17, 15) is 4.79 Å². The number of para-hydroxylation sites is 1. The Morgan fingerprint density at radius 3 is 2.52 bits per heavy atom. The quantitative estimate of drug-likeness (QED) is 0.429. The molecule has 0 bridgehead atoms. The third kappa shape index (κ3) is 4.68. The number of amides is 1. The van der Waals surface area contributed by atoms with E-state index < -0.39 is 0 Å². The smallest absolute Gasteiger partial charge is 0.252 e. The fourth-order valence-electron chi connectivity index (χ4n) is 3.81. The first-order chi connectivity index (χ1) is 16.0. The summed E-state index contributed by atoms with van der Waals surface area (Å²) in [6.45, 7) is 0.404. The largest absolute Gasteiger partial charge is 0.493 e. The zero-order valence-corrected chi connectivity index (χ0v) is 19.2. The summed E-state index contributed by atoms with van der Waals surface area (Å²) in [5.41, 5.74) is 2.80. The molecule has 2 aromatic heterocycles. The van der Waals surface area contributed by atoms with Gasteiger partial charge in [0.25, 0.3) is 5.91 Å². The maximum absolute atomic E-state index is 13.3. The summed E-state index contributed by atoms with van der Waals surface area (Å²) in [6, 6.07) is 18.7. The molecule has 170 valence electrons. The fourth-order valence-corrected chi connectivity index (χ4v) is 3.81. The zero-order valence-electron chi connectivity index (χ0n) is 19.2. The van der Waals surface area contributed by atoms with E-state index in [2.05, 4.69) is 5.32 Å². The van der Waals surface area contributed by atoms with Crippen LogP contribution in [0.3, 0.4) is 0 Å². The van der Waals surface area contributed by atoms with Gasteiger partial charge in [-0.1, -0.05) is 18.2 Å². The predicted octanol–water partition coefficient (Wildman–Crippen LogP) is 4.54. The van der Waals surface area contributed by atoms with Gasteiger partial charge in [-0.05, 0) is 56.6 Å². The summed E-state index contributed by atoms with van der Waals surface area (Å²) in [5, 5.41) is 3.86. The Hall–Kier alpha value is -3.84. The first-order valence-electron chi connectivity index (χ1n) is 10.6. The highest BCUT2D eigenvalue weighted by atomic mass is 16.5. The number of furan rings is 1. The Balaban J connectivity index is 1.69. The van der Waals surface area contributed by atoms with Crippen LogP contribution in [0.5, 0.6) is 11.5 Å². The molecule has 2 aromatic carbocycles. The van der Waals surface area contributed by atoms with Crippen LogP contribution in [-0.2, 0) is 0 Å². The van der Waals surface area contributed by atoms with Crippen LogP contribution >= 0.6 is 0 Å². The van der Waals surface area contributed by atoms with Gasteiger partial charge in [0.15, 0.2) is 11.5 Å². The first-order valence-corrected chi connectivity index (χ1v) is 10.6. The molecule has 0 spiro atoms. The first kappa shape index (κ1) is 22.4. The number of nitrogens with one attached hydrogen (secondary N) is 1. The molecule has 0 aliphatic rings. The number of methoxy groups -OCH3 is 2. The van der Waals surface area contributed by atoms with Crippen LogP contribution in [0.1, 0.15) is 22.2 Å². The predicted molar refractivity (Wildman–Crippen MR) is 128 cm³/mol. The van der Waals surface area contributed by atoms with Crippen LogP contribution < -0.4 is 14.8 Å². The number of ether oxygens (including phenoxy) is 2. The van der Waals surface area contributed by atoms with Crippen molar-refractivity contribution in [2.24, 2.45) is 0 Å². The molecule has 0 radical (unpaired) electrons. The molecule has 4 aromatic rings. The number of fused-ring (bicyclic) bond motifs is 1. The van der Waals surface area contributed by atoms with Crippen LogP contribution in [-0.4, -0.2) is 50.7 Å². The molecule has 1 amide bonds. The molecule has 1 N–H and O–H groups in total. The van der Waals surface area contributed by atoms with Crippen molar-refractivity contribution in [2.45, 2.75) is 6.04 Å². The standard InChI is InChI=1S/C26H27N3O4/c1-29(2)22(23-10-7-13-33-23)16-27-26(30)19-15-21(28-20-9-6-5-8-18(19)20)17-11-12-24(31-3)25(14-17)32-4/h5-15,22H,16H2,1-4H3,(H,27,30). The Bertz CT molecular complexity index is 1250. The van der Waals surface area contributed by atoms with E-state index in [1.807, 2.05) is 79.7 Å². The average Bonchev–Trinajstić information content (AvgIpc) is 3.37. The number of rotatable bonds is 8. The van der Waals surface area contributed by atoms with Crippen molar-refractivity contribution >= 4 is 16.8 Å². The lowest BCUT2D eigenvalue weighted by molar-refractivity contribution is 0.0940. The van der Waals surface area contributed by atoms with E-state index in [-0.39, 0.29) is 11.9 Å². The van der Waals surface area contributed by atoms with Gasteiger partial charge in [0.2, 0.25) is 0 Å². The molecule has 0 aliphatic carbocycles. The summed E-state index contributed by atoms with van der Waals surface area (Å²) in [5.74, 6) is 1.86. The SMILES string of the molecule is COc1ccc(-c2cc(C(=O)NCC(c3ccco3)N(C)C)c3ccccc3n2)cc1OC. The molecule has 0 fully saturated rings. The van der Waals surface area contributed by atoms with Crippen molar-refractivity contribution in [1.82, 2.24) is 15.2 Å². The van der Waals surface area contributed by atoms with Gasteiger partial charge < -0.3 is 19.2 Å². The minimum atomic E-state index is -0.172. The van der Waals surface area contributed by atoms with Crippen molar-refractivity contribution in [3.63, 3.8) is 0 Å². The van der Waals surface area contributed by atoms with Gasteiger partial charge in [0.1, 0.15) is 5.76 Å². The minimum Gasteiger partial charge on any atom is -0.493 e. The fraction of sp³-hybridized carbons (Fsp3) is 0.231. The summed E-state index contributed by atoms with van der Waals surface area (Å²) in [7, 11) is 7.10. The maximum Gasteiger partial charge on any atom is 0.252 e. The minimum absolute atomic E-state index is 0.0811. The second-order valence-electron chi connectivity index (χ2n) is 7.85. The van der Waals surface area contributed by atoms with Crippen LogP contribution in [0, 0.1) is 0 Å². The summed E-state index contributed by atoms with van der Waals surface area (Å²) in [6.07, 6.45) is 1.64. The number of hydrogen-bond acceptors (Lipinski definition) is 6. The van der Waals surface area contributed by atoms with Crippen molar-refractivity contribution in [2.75, 3.05) is 34.9 Å². The van der Waals surface area contributed by atoms with Crippen molar-refractivity contribution < 1.29 is 18.7 Å². The van der Waals surface area contributed by atoms with E-state index >= 15 is 0 Å². The second kappa shape index (κ2) is 9.75. The lowest BCUT2D eigenvalue weighted by Crippen LogP contribution is -2.34. The topological polar surface area (TPSA) is 76.8 Å². The Labute approximate surface area is 192 Å². The van der Waals surface area contributed by atoms with Gasteiger partial charge in [-0.3, -0.25) is 9.69 Å².